The van der Waals surface area contributed by atoms with Crippen molar-refractivity contribution in [3.63, 3.8) is 0 Å². The number of amides is 2. The molecule has 0 heterocycles. The number of unbranched alkanes of at least 4 members (excludes halogenated alkanes) is 1. The minimum atomic E-state index is -0.824. The average Bonchev–Trinajstić information content (AvgIpc) is 3.52. The molecule has 3 rings (SSSR count). The Morgan fingerprint density at radius 3 is 2.24 bits per heavy atom. The van der Waals surface area contributed by atoms with Crippen LogP contribution in [0.4, 0.5) is 0 Å². The summed E-state index contributed by atoms with van der Waals surface area (Å²) in [6.45, 7) is 7.56. The van der Waals surface area contributed by atoms with Crippen molar-refractivity contribution in [3.8, 4) is 0 Å². The number of carbonyl (C=O) groups excluding carboxylic acids is 3. The second kappa shape index (κ2) is 18.9. The summed E-state index contributed by atoms with van der Waals surface area (Å²) in [6, 6.07) is 18.5. The maximum absolute atomic E-state index is 13.8. The van der Waals surface area contributed by atoms with Crippen molar-refractivity contribution in [2.45, 2.75) is 81.9 Å². The van der Waals surface area contributed by atoms with E-state index in [1.165, 1.54) is 7.11 Å². The first-order chi connectivity index (χ1) is 21.8. The van der Waals surface area contributed by atoms with Gasteiger partial charge in [0, 0.05) is 13.5 Å². The Kier molecular flexibility index (Phi) is 15.0. The van der Waals surface area contributed by atoms with Crippen molar-refractivity contribution >= 4 is 17.8 Å². The molecule has 0 aromatic heterocycles. The van der Waals surface area contributed by atoms with Gasteiger partial charge in [0.1, 0.15) is 6.10 Å². The van der Waals surface area contributed by atoms with Gasteiger partial charge in [-0.25, -0.2) is 0 Å². The second-order valence-corrected chi connectivity index (χ2v) is 12.1. The summed E-state index contributed by atoms with van der Waals surface area (Å²) in [5.74, 6) is -2.08. The number of carbonyl (C=O) groups is 3. The van der Waals surface area contributed by atoms with Gasteiger partial charge in [-0.1, -0.05) is 85.7 Å². The number of ether oxygens (including phenoxy) is 2. The number of esters is 1. The topological polar surface area (TPSA) is 114 Å². The van der Waals surface area contributed by atoms with E-state index in [1.54, 1.807) is 6.08 Å². The van der Waals surface area contributed by atoms with Crippen molar-refractivity contribution < 1.29 is 29.0 Å². The fraction of sp³-hybridized carbons (Fsp3) is 0.486. The first-order valence-electron chi connectivity index (χ1n) is 16.1. The molecule has 3 N–H and O–H groups in total. The van der Waals surface area contributed by atoms with Crippen LogP contribution < -0.4 is 10.6 Å². The molecule has 2 aromatic carbocycles. The summed E-state index contributed by atoms with van der Waals surface area (Å²) in [5.41, 5.74) is 1.14. The molecule has 8 heteroatoms. The molecule has 45 heavy (non-hydrogen) atoms. The predicted octanol–water partition coefficient (Wildman–Crippen LogP) is 5.62. The summed E-state index contributed by atoms with van der Waals surface area (Å²) in [7, 11) is 1.53. The molecule has 0 unspecified atom stereocenters. The highest BCUT2D eigenvalue weighted by Gasteiger charge is 2.37. The summed E-state index contributed by atoms with van der Waals surface area (Å²) in [6.07, 6.45) is 8.93. The molecule has 0 aliphatic heterocycles. The van der Waals surface area contributed by atoms with Crippen LogP contribution in [0.3, 0.4) is 0 Å². The van der Waals surface area contributed by atoms with Gasteiger partial charge in [0.25, 0.3) is 0 Å². The summed E-state index contributed by atoms with van der Waals surface area (Å²) in [4.78, 5) is 40.6. The number of methoxy groups -OCH3 is 1. The molecule has 1 aliphatic rings. The van der Waals surface area contributed by atoms with E-state index in [4.69, 9.17) is 9.47 Å². The minimum Gasteiger partial charge on any atom is -0.455 e. The third kappa shape index (κ3) is 11.3. The lowest BCUT2D eigenvalue weighted by atomic mass is 9.93. The van der Waals surface area contributed by atoms with Gasteiger partial charge in [-0.15, -0.1) is 13.2 Å². The fourth-order valence-electron chi connectivity index (χ4n) is 6.07. The minimum absolute atomic E-state index is 0.0580. The van der Waals surface area contributed by atoms with Gasteiger partial charge in [0.2, 0.25) is 11.8 Å². The zero-order valence-corrected chi connectivity index (χ0v) is 26.6. The molecular weight excluding hydrogens is 568 g/mol. The van der Waals surface area contributed by atoms with Crippen LogP contribution in [0.5, 0.6) is 0 Å². The molecule has 0 spiro atoms. The van der Waals surface area contributed by atoms with Gasteiger partial charge in [-0.05, 0) is 56.1 Å². The Morgan fingerprint density at radius 2 is 1.64 bits per heavy atom. The molecule has 0 radical (unpaired) electrons. The molecule has 1 aliphatic carbocycles. The zero-order valence-electron chi connectivity index (χ0n) is 26.6. The van der Waals surface area contributed by atoms with E-state index in [9.17, 15) is 19.5 Å². The number of allylic oxidation sites excluding steroid dienone is 2. The normalized spacial score (nSPS) is 16.5. The molecule has 1 saturated carbocycles. The fourth-order valence-corrected chi connectivity index (χ4v) is 6.07. The van der Waals surface area contributed by atoms with Crippen LogP contribution in [0, 0.1) is 11.8 Å². The predicted molar refractivity (Wildman–Crippen MR) is 176 cm³/mol. The van der Waals surface area contributed by atoms with Crippen molar-refractivity contribution in [2.24, 2.45) is 11.8 Å². The first-order valence-corrected chi connectivity index (χ1v) is 16.1. The van der Waals surface area contributed by atoms with E-state index in [-0.39, 0.29) is 49.8 Å². The Labute approximate surface area is 268 Å². The molecule has 1 fully saturated rings. The lowest BCUT2D eigenvalue weighted by Gasteiger charge is -2.31. The lowest BCUT2D eigenvalue weighted by Crippen LogP contribution is -2.51. The molecule has 4 atom stereocenters. The third-order valence-corrected chi connectivity index (χ3v) is 8.55. The highest BCUT2D eigenvalue weighted by molar-refractivity contribution is 5.86. The van der Waals surface area contributed by atoms with Crippen molar-refractivity contribution in [3.05, 3.63) is 97.1 Å². The number of nitrogens with one attached hydrogen (secondary N) is 2. The number of rotatable bonds is 20. The monoisotopic (exact) mass is 618 g/mol. The maximum Gasteiger partial charge on any atom is 0.309 e. The first kappa shape index (κ1) is 35.7. The molecule has 8 nitrogen and oxygen atoms in total. The number of hydrogen-bond acceptors (Lipinski definition) is 6. The average molecular weight is 619 g/mol. The van der Waals surface area contributed by atoms with E-state index in [1.807, 2.05) is 66.7 Å². The standard InChI is InChI=1S/C37H50N2O6/c1-4-6-9-21-31(24-28-17-10-7-11-18-28)36(43)45-34(29-19-12-8-13-20-29)32(26-44-3)38-35(42)30(16-5-2)25-33(41)39-37(27-40)22-14-15-23-37/h4-5,7-8,10-13,17-20,30-32,34,40H,1-2,6,9,14-16,21-27H2,3H3,(H,38,42)(H,39,41)/t30-,31-,32+,34+/m1/s1. The molecule has 244 valence electrons. The molecule has 0 bridgehead atoms. The summed E-state index contributed by atoms with van der Waals surface area (Å²) >= 11 is 0. The number of aliphatic hydroxyl groups excluding tert-OH is 1. The quantitative estimate of drug-likeness (QED) is 0.101. The van der Waals surface area contributed by atoms with Gasteiger partial charge in [-0.2, -0.15) is 0 Å². The van der Waals surface area contributed by atoms with Crippen LogP contribution >= 0.6 is 0 Å². The van der Waals surface area contributed by atoms with Crippen molar-refractivity contribution in [2.75, 3.05) is 20.3 Å². The van der Waals surface area contributed by atoms with Crippen LogP contribution in [-0.4, -0.2) is 54.8 Å². The van der Waals surface area contributed by atoms with Crippen molar-refractivity contribution in [1.29, 1.82) is 0 Å². The van der Waals surface area contributed by atoms with Gasteiger partial charge < -0.3 is 25.2 Å². The SMILES string of the molecule is C=CCCC[C@H](Cc1ccccc1)C(=O)O[C@@H](c1ccccc1)[C@H](COC)NC(=O)[C@H](CC=C)CC(=O)NC1(CO)CCCC1. The van der Waals surface area contributed by atoms with E-state index in [0.29, 0.717) is 25.7 Å². The zero-order chi connectivity index (χ0) is 32.5. The van der Waals surface area contributed by atoms with E-state index < -0.39 is 23.6 Å². The van der Waals surface area contributed by atoms with Crippen LogP contribution in [0.1, 0.15) is 75.0 Å². The smallest absolute Gasteiger partial charge is 0.309 e. The second-order valence-electron chi connectivity index (χ2n) is 12.1. The highest BCUT2D eigenvalue weighted by Crippen LogP contribution is 2.30. The Balaban J connectivity index is 1.81. The highest BCUT2D eigenvalue weighted by atomic mass is 16.5. The number of aliphatic hydroxyl groups is 1. The van der Waals surface area contributed by atoms with Crippen molar-refractivity contribution in [1.82, 2.24) is 10.6 Å². The van der Waals surface area contributed by atoms with Gasteiger partial charge in [0.05, 0.1) is 36.6 Å². The van der Waals surface area contributed by atoms with Crippen LogP contribution in [0.25, 0.3) is 0 Å². The Morgan fingerprint density at radius 1 is 0.978 bits per heavy atom. The summed E-state index contributed by atoms with van der Waals surface area (Å²) < 4.78 is 11.8. The molecular formula is C37H50N2O6. The largest absolute Gasteiger partial charge is 0.455 e. The number of benzene rings is 2. The Hall–Kier alpha value is -3.75. The van der Waals surface area contributed by atoms with Gasteiger partial charge in [0.15, 0.2) is 0 Å². The molecule has 0 saturated heterocycles. The van der Waals surface area contributed by atoms with Crippen LogP contribution in [0.2, 0.25) is 0 Å². The van der Waals surface area contributed by atoms with Gasteiger partial charge >= 0.3 is 5.97 Å². The Bertz CT molecular complexity index is 1210. The van der Waals surface area contributed by atoms with Crippen LogP contribution in [-0.2, 0) is 30.3 Å². The maximum atomic E-state index is 13.8. The molecule has 2 amide bonds. The third-order valence-electron chi connectivity index (χ3n) is 8.55. The van der Waals surface area contributed by atoms with Gasteiger partial charge in [-0.3, -0.25) is 14.4 Å². The lowest BCUT2D eigenvalue weighted by molar-refractivity contribution is -0.158. The molecule has 2 aromatic rings. The van der Waals surface area contributed by atoms with E-state index >= 15 is 0 Å². The number of hydrogen-bond donors (Lipinski definition) is 3. The van der Waals surface area contributed by atoms with Crippen LogP contribution in [0.15, 0.2) is 86.0 Å². The van der Waals surface area contributed by atoms with E-state index in [0.717, 1.165) is 36.8 Å². The summed E-state index contributed by atoms with van der Waals surface area (Å²) in [5, 5.41) is 16.0. The van der Waals surface area contributed by atoms with E-state index in [2.05, 4.69) is 23.8 Å².